The molecule has 3 aromatic heterocycles. The van der Waals surface area contributed by atoms with Crippen LogP contribution in [0.4, 0.5) is 14.6 Å². The van der Waals surface area contributed by atoms with Gasteiger partial charge >= 0.3 is 0 Å². The van der Waals surface area contributed by atoms with Crippen molar-refractivity contribution in [1.82, 2.24) is 30.2 Å². The summed E-state index contributed by atoms with van der Waals surface area (Å²) in [6.07, 6.45) is 2.56. The van der Waals surface area contributed by atoms with Gasteiger partial charge in [-0.05, 0) is 12.1 Å². The van der Waals surface area contributed by atoms with Gasteiger partial charge < -0.3 is 15.2 Å². The van der Waals surface area contributed by atoms with Crippen LogP contribution in [0.1, 0.15) is 5.56 Å². The fourth-order valence-corrected chi connectivity index (χ4v) is 3.16. The van der Waals surface area contributed by atoms with E-state index in [9.17, 15) is 8.78 Å². The molecule has 1 aromatic carbocycles. The highest BCUT2D eigenvalue weighted by Gasteiger charge is 2.21. The Bertz CT molecular complexity index is 1180. The molecule has 0 radical (unpaired) electrons. The minimum atomic E-state index is -0.534. The van der Waals surface area contributed by atoms with Crippen molar-refractivity contribution in [3.05, 3.63) is 66.1 Å². The average molecular weight is 446 g/mol. The molecule has 4 aromatic rings. The van der Waals surface area contributed by atoms with Crippen molar-refractivity contribution < 1.29 is 13.3 Å². The van der Waals surface area contributed by atoms with Crippen molar-refractivity contribution in [2.24, 2.45) is 0 Å². The average Bonchev–Trinajstić information content (AvgIpc) is 3.37. The van der Waals surface area contributed by atoms with E-state index >= 15 is 0 Å². The van der Waals surface area contributed by atoms with E-state index in [-0.39, 0.29) is 42.5 Å². The summed E-state index contributed by atoms with van der Waals surface area (Å²) < 4.78 is 34.9. The molecule has 0 amide bonds. The van der Waals surface area contributed by atoms with E-state index in [1.807, 2.05) is 0 Å². The summed E-state index contributed by atoms with van der Waals surface area (Å²) in [5, 5.41) is 14.7. The Morgan fingerprint density at radius 3 is 2.68 bits per heavy atom. The SMILES string of the molecule is Cl.Fc1ccccc1Cn1nc(-c2ncc(F)c(NC3CNC3)n2)cc1-c1ccon1. The highest BCUT2D eigenvalue weighted by molar-refractivity contribution is 5.85. The van der Waals surface area contributed by atoms with Gasteiger partial charge in [-0.2, -0.15) is 5.10 Å². The van der Waals surface area contributed by atoms with Gasteiger partial charge in [0.2, 0.25) is 0 Å². The van der Waals surface area contributed by atoms with E-state index in [2.05, 4.69) is 30.9 Å². The Hall–Kier alpha value is -3.37. The summed E-state index contributed by atoms with van der Waals surface area (Å²) in [7, 11) is 0. The largest absolute Gasteiger partial charge is 0.364 e. The first-order valence-corrected chi connectivity index (χ1v) is 9.39. The summed E-state index contributed by atoms with van der Waals surface area (Å²) >= 11 is 0. The normalized spacial score (nSPS) is 13.5. The van der Waals surface area contributed by atoms with Crippen LogP contribution in [0.2, 0.25) is 0 Å². The molecule has 1 fully saturated rings. The van der Waals surface area contributed by atoms with Crippen molar-refractivity contribution in [3.63, 3.8) is 0 Å². The summed E-state index contributed by atoms with van der Waals surface area (Å²) in [5.41, 5.74) is 2.02. The molecule has 160 valence electrons. The van der Waals surface area contributed by atoms with Gasteiger partial charge in [0.15, 0.2) is 17.5 Å². The number of rotatable bonds is 6. The van der Waals surface area contributed by atoms with E-state index in [1.165, 1.54) is 12.3 Å². The van der Waals surface area contributed by atoms with E-state index in [4.69, 9.17) is 4.52 Å². The van der Waals surface area contributed by atoms with Gasteiger partial charge in [0, 0.05) is 24.7 Å². The van der Waals surface area contributed by atoms with Gasteiger partial charge in [0.25, 0.3) is 0 Å². The van der Waals surface area contributed by atoms with Crippen molar-refractivity contribution in [2.45, 2.75) is 12.6 Å². The molecule has 0 bridgehead atoms. The quantitative estimate of drug-likeness (QED) is 0.471. The number of hydrogen-bond donors (Lipinski definition) is 2. The lowest BCUT2D eigenvalue weighted by atomic mass is 10.2. The second kappa shape index (κ2) is 8.78. The number of nitrogens with zero attached hydrogens (tertiary/aromatic N) is 5. The summed E-state index contributed by atoms with van der Waals surface area (Å²) in [5.74, 6) is -0.492. The van der Waals surface area contributed by atoms with Gasteiger partial charge in [0.05, 0.1) is 24.5 Å². The third-order valence-corrected chi connectivity index (χ3v) is 4.85. The predicted octanol–water partition coefficient (Wildman–Crippen LogP) is 3.13. The molecule has 8 nitrogen and oxygen atoms in total. The van der Waals surface area contributed by atoms with Gasteiger partial charge in [-0.25, -0.2) is 18.7 Å². The fourth-order valence-electron chi connectivity index (χ4n) is 3.16. The van der Waals surface area contributed by atoms with E-state index in [0.29, 0.717) is 22.6 Å². The molecule has 0 atom stereocenters. The molecule has 0 saturated carbocycles. The molecule has 1 aliphatic heterocycles. The first kappa shape index (κ1) is 20.9. The summed E-state index contributed by atoms with van der Waals surface area (Å²) in [6.45, 7) is 1.66. The maximum Gasteiger partial charge on any atom is 0.183 e. The smallest absolute Gasteiger partial charge is 0.183 e. The van der Waals surface area contributed by atoms with Gasteiger partial charge in [-0.1, -0.05) is 23.4 Å². The number of hydrogen-bond acceptors (Lipinski definition) is 7. The standard InChI is InChI=1S/C20H17F2N7O.ClH/c21-14-4-2-1-3-12(14)11-29-18(16-5-6-30-28-16)7-17(27-29)20-24-10-15(22)19(26-20)25-13-8-23-9-13;/h1-7,10,13,23H,8-9,11H2,(H,24,25,26);1H. The Morgan fingerprint density at radius 2 is 1.97 bits per heavy atom. The minimum absolute atomic E-state index is 0. The number of anilines is 1. The first-order chi connectivity index (χ1) is 14.7. The third kappa shape index (κ3) is 4.25. The van der Waals surface area contributed by atoms with Crippen LogP contribution in [0.3, 0.4) is 0 Å². The van der Waals surface area contributed by atoms with Crippen molar-refractivity contribution >= 4 is 18.2 Å². The third-order valence-electron chi connectivity index (χ3n) is 4.85. The van der Waals surface area contributed by atoms with E-state index in [0.717, 1.165) is 19.3 Å². The number of aromatic nitrogens is 5. The molecule has 11 heteroatoms. The van der Waals surface area contributed by atoms with Crippen LogP contribution in [-0.4, -0.2) is 44.0 Å². The highest BCUT2D eigenvalue weighted by atomic mass is 35.5. The zero-order chi connectivity index (χ0) is 20.5. The molecule has 5 rings (SSSR count). The van der Waals surface area contributed by atoms with E-state index in [1.54, 1.807) is 35.0 Å². The molecule has 2 N–H and O–H groups in total. The zero-order valence-electron chi connectivity index (χ0n) is 16.1. The van der Waals surface area contributed by atoms with Crippen molar-refractivity contribution in [3.8, 4) is 22.9 Å². The van der Waals surface area contributed by atoms with Crippen LogP contribution >= 0.6 is 12.4 Å². The Balaban J connectivity index is 0.00000231. The lowest BCUT2D eigenvalue weighted by molar-refractivity contribution is 0.421. The molecule has 1 aliphatic rings. The predicted molar refractivity (Wildman–Crippen MR) is 112 cm³/mol. The minimum Gasteiger partial charge on any atom is -0.364 e. The Kier molecular flexibility index (Phi) is 5.92. The lowest BCUT2D eigenvalue weighted by Crippen LogP contribution is -2.51. The maximum absolute atomic E-state index is 14.2. The van der Waals surface area contributed by atoms with Crippen LogP contribution in [0.5, 0.6) is 0 Å². The fraction of sp³-hybridized carbons (Fsp3) is 0.200. The topological polar surface area (TPSA) is 93.7 Å². The molecular weight excluding hydrogens is 428 g/mol. The zero-order valence-corrected chi connectivity index (χ0v) is 16.9. The van der Waals surface area contributed by atoms with Crippen molar-refractivity contribution in [1.29, 1.82) is 0 Å². The van der Waals surface area contributed by atoms with Crippen molar-refractivity contribution in [2.75, 3.05) is 18.4 Å². The molecule has 0 unspecified atom stereocenters. The molecule has 31 heavy (non-hydrogen) atoms. The monoisotopic (exact) mass is 445 g/mol. The second-order valence-electron chi connectivity index (χ2n) is 6.94. The second-order valence-corrected chi connectivity index (χ2v) is 6.94. The first-order valence-electron chi connectivity index (χ1n) is 9.39. The number of halogens is 3. The maximum atomic E-state index is 14.2. The Labute approximate surface area is 182 Å². The van der Waals surface area contributed by atoms with Gasteiger partial charge in [-0.15, -0.1) is 12.4 Å². The molecule has 0 spiro atoms. The molecule has 1 saturated heterocycles. The van der Waals surface area contributed by atoms with Crippen LogP contribution in [0, 0.1) is 11.6 Å². The van der Waals surface area contributed by atoms with E-state index < -0.39 is 5.82 Å². The summed E-state index contributed by atoms with van der Waals surface area (Å²) in [4.78, 5) is 8.39. The number of benzene rings is 1. The van der Waals surface area contributed by atoms with Gasteiger partial charge in [0.1, 0.15) is 23.5 Å². The summed E-state index contributed by atoms with van der Waals surface area (Å²) in [6, 6.07) is 9.99. The Morgan fingerprint density at radius 1 is 1.13 bits per heavy atom. The van der Waals surface area contributed by atoms with Crippen LogP contribution in [-0.2, 0) is 6.54 Å². The highest BCUT2D eigenvalue weighted by Crippen LogP contribution is 2.26. The molecule has 4 heterocycles. The van der Waals surface area contributed by atoms with Crippen LogP contribution in [0.15, 0.2) is 53.4 Å². The van der Waals surface area contributed by atoms with Crippen LogP contribution in [0.25, 0.3) is 22.9 Å². The van der Waals surface area contributed by atoms with Crippen LogP contribution < -0.4 is 10.6 Å². The molecule has 0 aliphatic carbocycles. The van der Waals surface area contributed by atoms with Gasteiger partial charge in [-0.3, -0.25) is 4.68 Å². The lowest BCUT2D eigenvalue weighted by Gasteiger charge is -2.28. The number of nitrogens with one attached hydrogen (secondary N) is 2. The molecular formula is C20H18ClF2N7O.